The number of hydrogen-bond acceptors (Lipinski definition) is 4. The lowest BCUT2D eigenvalue weighted by atomic mass is 9.97. The van der Waals surface area contributed by atoms with E-state index >= 15 is 0 Å². The van der Waals surface area contributed by atoms with E-state index in [2.05, 4.69) is 4.98 Å². The number of nitrogens with zero attached hydrogens (tertiary/aromatic N) is 1. The molecule has 1 fully saturated rings. The highest BCUT2D eigenvalue weighted by atomic mass is 32.1. The van der Waals surface area contributed by atoms with Crippen LogP contribution in [0.25, 0.3) is 0 Å². The smallest absolute Gasteiger partial charge is 0.140 e. The van der Waals surface area contributed by atoms with E-state index in [0.717, 1.165) is 6.42 Å². The highest BCUT2D eigenvalue weighted by Gasteiger charge is 2.23. The van der Waals surface area contributed by atoms with Gasteiger partial charge in [-0.1, -0.05) is 0 Å². The van der Waals surface area contributed by atoms with E-state index in [-0.39, 0.29) is 5.92 Å². The van der Waals surface area contributed by atoms with Crippen LogP contribution in [0.15, 0.2) is 11.7 Å². The Bertz CT molecular complexity index is 284. The zero-order chi connectivity index (χ0) is 9.10. The van der Waals surface area contributed by atoms with Crippen molar-refractivity contribution in [2.75, 3.05) is 13.2 Å². The average Bonchev–Trinajstić information content (AvgIpc) is 2.61. The summed E-state index contributed by atoms with van der Waals surface area (Å²) in [6, 6.07) is 0. The second kappa shape index (κ2) is 3.98. The molecule has 1 aromatic rings. The van der Waals surface area contributed by atoms with E-state index in [0.29, 0.717) is 25.4 Å². The fourth-order valence-corrected chi connectivity index (χ4v) is 2.13. The van der Waals surface area contributed by atoms with Crippen LogP contribution in [0.5, 0.6) is 0 Å². The van der Waals surface area contributed by atoms with Crippen LogP contribution >= 0.6 is 11.3 Å². The minimum absolute atomic E-state index is 0.0641. The second-order valence-electron chi connectivity index (χ2n) is 3.16. The molecule has 1 atom stereocenters. The van der Waals surface area contributed by atoms with E-state index in [1.165, 1.54) is 4.88 Å². The first-order valence-corrected chi connectivity index (χ1v) is 5.22. The summed E-state index contributed by atoms with van der Waals surface area (Å²) in [7, 11) is 0. The number of carbonyl (C=O) groups is 1. The van der Waals surface area contributed by atoms with E-state index in [4.69, 9.17) is 4.74 Å². The number of ketones is 1. The third kappa shape index (κ3) is 2.14. The number of thiazole rings is 1. The second-order valence-corrected chi connectivity index (χ2v) is 4.13. The molecule has 1 aromatic heterocycles. The number of aromatic nitrogens is 1. The molecule has 0 amide bonds. The monoisotopic (exact) mass is 197 g/mol. The van der Waals surface area contributed by atoms with Gasteiger partial charge in [0.2, 0.25) is 0 Å². The molecular weight excluding hydrogens is 186 g/mol. The lowest BCUT2D eigenvalue weighted by Crippen LogP contribution is -2.28. The molecule has 0 N–H and O–H groups in total. The first kappa shape index (κ1) is 8.84. The van der Waals surface area contributed by atoms with Crippen LogP contribution in [0.3, 0.4) is 0 Å². The molecule has 0 bridgehead atoms. The molecule has 70 valence electrons. The summed E-state index contributed by atoms with van der Waals surface area (Å²) in [5.74, 6) is 0.397. The third-order valence-corrected chi connectivity index (χ3v) is 3.00. The normalized spacial score (nSPS) is 23.4. The van der Waals surface area contributed by atoms with Gasteiger partial charge in [0.15, 0.2) is 0 Å². The molecule has 2 rings (SSSR count). The van der Waals surface area contributed by atoms with Crippen molar-refractivity contribution >= 4 is 17.1 Å². The summed E-state index contributed by atoms with van der Waals surface area (Å²) in [5.41, 5.74) is 1.80. The molecule has 1 aliphatic heterocycles. The molecular formula is C9H11NO2S. The summed E-state index contributed by atoms with van der Waals surface area (Å²) in [6.07, 6.45) is 3.19. The fraction of sp³-hybridized carbons (Fsp3) is 0.556. The molecule has 13 heavy (non-hydrogen) atoms. The Morgan fingerprint density at radius 1 is 1.69 bits per heavy atom. The molecule has 0 saturated carbocycles. The lowest BCUT2D eigenvalue weighted by Gasteiger charge is -2.19. The van der Waals surface area contributed by atoms with Crippen molar-refractivity contribution in [3.63, 3.8) is 0 Å². The van der Waals surface area contributed by atoms with Gasteiger partial charge in [-0.15, -0.1) is 11.3 Å². The minimum atomic E-state index is 0.0641. The SMILES string of the molecule is O=C1CCOCC1Cc1cncs1. The highest BCUT2D eigenvalue weighted by molar-refractivity contribution is 7.09. The average molecular weight is 197 g/mol. The fourth-order valence-electron chi connectivity index (χ4n) is 1.45. The summed E-state index contributed by atoms with van der Waals surface area (Å²) in [4.78, 5) is 16.6. The summed E-state index contributed by atoms with van der Waals surface area (Å²) in [6.45, 7) is 1.18. The molecule has 2 heterocycles. The van der Waals surface area contributed by atoms with Crippen LogP contribution in [0.4, 0.5) is 0 Å². The van der Waals surface area contributed by atoms with Gasteiger partial charge < -0.3 is 4.74 Å². The van der Waals surface area contributed by atoms with Crippen molar-refractivity contribution in [3.05, 3.63) is 16.6 Å². The van der Waals surface area contributed by atoms with Crippen LogP contribution < -0.4 is 0 Å². The largest absolute Gasteiger partial charge is 0.380 e. The number of ether oxygens (including phenoxy) is 1. The van der Waals surface area contributed by atoms with Gasteiger partial charge in [-0.2, -0.15) is 0 Å². The van der Waals surface area contributed by atoms with Crippen LogP contribution in [-0.4, -0.2) is 24.0 Å². The Morgan fingerprint density at radius 2 is 2.62 bits per heavy atom. The van der Waals surface area contributed by atoms with E-state index < -0.39 is 0 Å². The van der Waals surface area contributed by atoms with Gasteiger partial charge in [0.25, 0.3) is 0 Å². The lowest BCUT2D eigenvalue weighted by molar-refractivity contribution is -0.130. The molecule has 1 saturated heterocycles. The zero-order valence-corrected chi connectivity index (χ0v) is 8.05. The predicted octanol–water partition coefficient (Wildman–Crippen LogP) is 1.29. The predicted molar refractivity (Wildman–Crippen MR) is 49.8 cm³/mol. The van der Waals surface area contributed by atoms with E-state index in [1.54, 1.807) is 16.8 Å². The van der Waals surface area contributed by atoms with Gasteiger partial charge in [-0.3, -0.25) is 9.78 Å². The van der Waals surface area contributed by atoms with Gasteiger partial charge in [0.05, 0.1) is 18.7 Å². The Kier molecular flexibility index (Phi) is 2.71. The van der Waals surface area contributed by atoms with Crippen LogP contribution in [-0.2, 0) is 16.0 Å². The molecule has 0 radical (unpaired) electrons. The number of Topliss-reactive ketones (excluding diaryl/α,β-unsaturated/α-hetero) is 1. The minimum Gasteiger partial charge on any atom is -0.380 e. The van der Waals surface area contributed by atoms with Gasteiger partial charge in [0.1, 0.15) is 5.78 Å². The van der Waals surface area contributed by atoms with Gasteiger partial charge in [-0.25, -0.2) is 0 Å². The third-order valence-electron chi connectivity index (χ3n) is 2.20. The van der Waals surface area contributed by atoms with Crippen LogP contribution in [0.1, 0.15) is 11.3 Å². The zero-order valence-electron chi connectivity index (χ0n) is 7.23. The number of hydrogen-bond donors (Lipinski definition) is 0. The van der Waals surface area contributed by atoms with Crippen molar-refractivity contribution in [2.45, 2.75) is 12.8 Å². The van der Waals surface area contributed by atoms with E-state index in [1.807, 2.05) is 6.20 Å². The van der Waals surface area contributed by atoms with Crippen LogP contribution in [0, 0.1) is 5.92 Å². The van der Waals surface area contributed by atoms with Crippen molar-refractivity contribution in [3.8, 4) is 0 Å². The molecule has 0 aromatic carbocycles. The Labute approximate surface area is 80.8 Å². The first-order chi connectivity index (χ1) is 6.36. The maximum absolute atomic E-state index is 11.4. The molecule has 3 nitrogen and oxygen atoms in total. The molecule has 0 spiro atoms. The standard InChI is InChI=1S/C9H11NO2S/c11-9-1-2-12-5-7(9)3-8-4-10-6-13-8/h4,6-7H,1-3,5H2. The maximum Gasteiger partial charge on any atom is 0.140 e. The summed E-state index contributed by atoms with van der Waals surface area (Å²) >= 11 is 1.60. The number of rotatable bonds is 2. The Morgan fingerprint density at radius 3 is 3.31 bits per heavy atom. The first-order valence-electron chi connectivity index (χ1n) is 4.34. The van der Waals surface area contributed by atoms with Crippen molar-refractivity contribution in [1.29, 1.82) is 0 Å². The van der Waals surface area contributed by atoms with Gasteiger partial charge >= 0.3 is 0 Å². The maximum atomic E-state index is 11.4. The number of carbonyl (C=O) groups excluding carboxylic acids is 1. The summed E-state index contributed by atoms with van der Waals surface area (Å²) in [5, 5.41) is 0. The Hall–Kier alpha value is -0.740. The van der Waals surface area contributed by atoms with E-state index in [9.17, 15) is 4.79 Å². The van der Waals surface area contributed by atoms with Crippen molar-refractivity contribution < 1.29 is 9.53 Å². The quantitative estimate of drug-likeness (QED) is 0.717. The summed E-state index contributed by atoms with van der Waals surface area (Å²) < 4.78 is 5.26. The molecule has 4 heteroatoms. The van der Waals surface area contributed by atoms with Crippen molar-refractivity contribution in [1.82, 2.24) is 4.98 Å². The van der Waals surface area contributed by atoms with Crippen molar-refractivity contribution in [2.24, 2.45) is 5.92 Å². The topological polar surface area (TPSA) is 39.2 Å². The molecule has 1 aliphatic rings. The Balaban J connectivity index is 1.97. The molecule has 1 unspecified atom stereocenters. The van der Waals surface area contributed by atoms with Gasteiger partial charge in [-0.05, 0) is 6.42 Å². The highest BCUT2D eigenvalue weighted by Crippen LogP contribution is 2.17. The van der Waals surface area contributed by atoms with Crippen LogP contribution in [0.2, 0.25) is 0 Å². The van der Waals surface area contributed by atoms with Gasteiger partial charge in [0, 0.05) is 23.4 Å². The molecule has 0 aliphatic carbocycles.